The maximum absolute atomic E-state index is 13.0. The third-order valence-electron chi connectivity index (χ3n) is 3.28. The number of hydrogen-bond acceptors (Lipinski definition) is 2. The fourth-order valence-corrected chi connectivity index (χ4v) is 2.92. The van der Waals surface area contributed by atoms with Crippen molar-refractivity contribution < 1.29 is 8.78 Å². The predicted molar refractivity (Wildman–Crippen MR) is 81.5 cm³/mol. The number of nitrogens with one attached hydrogen (secondary N) is 1. The summed E-state index contributed by atoms with van der Waals surface area (Å²) in [5.74, 6) is 0. The molecule has 3 aromatic rings. The predicted octanol–water partition coefficient (Wildman–Crippen LogP) is 5.13. The summed E-state index contributed by atoms with van der Waals surface area (Å²) in [5.41, 5.74) is 1.03. The Morgan fingerprint density at radius 3 is 2.45 bits per heavy atom. The lowest BCUT2D eigenvalue weighted by molar-refractivity contribution is 0.146. The first-order valence-corrected chi connectivity index (χ1v) is 6.89. The van der Waals surface area contributed by atoms with Crippen LogP contribution in [0.3, 0.4) is 0 Å². The number of benzene rings is 2. The minimum absolute atomic E-state index is 0.214. The summed E-state index contributed by atoms with van der Waals surface area (Å²) in [6.45, 7) is 0. The minimum Gasteiger partial charge on any atom is -0.388 e. The first-order chi connectivity index (χ1) is 9.61. The molecule has 5 heteroatoms. The van der Waals surface area contributed by atoms with Crippen LogP contribution in [-0.4, -0.2) is 12.0 Å². The van der Waals surface area contributed by atoms with Crippen molar-refractivity contribution in [3.63, 3.8) is 0 Å². The second-order valence-electron chi connectivity index (χ2n) is 4.45. The van der Waals surface area contributed by atoms with Crippen LogP contribution < -0.4 is 5.32 Å². The van der Waals surface area contributed by atoms with E-state index in [2.05, 4.69) is 26.2 Å². The zero-order valence-electron chi connectivity index (χ0n) is 10.6. The summed E-state index contributed by atoms with van der Waals surface area (Å²) < 4.78 is 26.9. The van der Waals surface area contributed by atoms with E-state index >= 15 is 0 Å². The fraction of sp³-hybridized carbons (Fsp3) is 0.133. The summed E-state index contributed by atoms with van der Waals surface area (Å²) in [7, 11) is 1.72. The highest BCUT2D eigenvalue weighted by Crippen LogP contribution is 2.36. The second-order valence-corrected chi connectivity index (χ2v) is 5.30. The first kappa shape index (κ1) is 13.2. The fourth-order valence-electron chi connectivity index (χ4n) is 2.35. The van der Waals surface area contributed by atoms with Crippen molar-refractivity contribution in [1.82, 2.24) is 4.98 Å². The van der Waals surface area contributed by atoms with Gasteiger partial charge in [-0.25, -0.2) is 13.8 Å². The van der Waals surface area contributed by atoms with Crippen molar-refractivity contribution >= 4 is 43.3 Å². The molecule has 0 aliphatic carbocycles. The van der Waals surface area contributed by atoms with Crippen LogP contribution in [-0.2, 0) is 0 Å². The average molecular weight is 337 g/mol. The van der Waals surface area contributed by atoms with E-state index in [0.717, 1.165) is 20.6 Å². The van der Waals surface area contributed by atoms with Crippen LogP contribution >= 0.6 is 15.9 Å². The van der Waals surface area contributed by atoms with Gasteiger partial charge in [0.25, 0.3) is 6.43 Å². The average Bonchev–Trinajstić information content (AvgIpc) is 2.46. The normalized spacial score (nSPS) is 11.4. The monoisotopic (exact) mass is 336 g/mol. The maximum Gasteiger partial charge on any atom is 0.280 e. The Hall–Kier alpha value is -1.75. The third kappa shape index (κ3) is 2.02. The quantitative estimate of drug-likeness (QED) is 0.656. The van der Waals surface area contributed by atoms with Crippen LogP contribution in [0.25, 0.3) is 21.7 Å². The molecule has 20 heavy (non-hydrogen) atoms. The smallest absolute Gasteiger partial charge is 0.280 e. The lowest BCUT2D eigenvalue weighted by atomic mass is 10.0. The molecule has 0 unspecified atom stereocenters. The number of nitrogens with zero attached hydrogens (tertiary/aromatic N) is 1. The van der Waals surface area contributed by atoms with Crippen molar-refractivity contribution in [3.8, 4) is 0 Å². The highest BCUT2D eigenvalue weighted by molar-refractivity contribution is 9.10. The standard InChI is InChI=1S/C15H11BrF2N2/c1-19-12-7-13(15(17)18)20-14-9-5-3-2-4-8(9)11(16)6-10(12)14/h2-7,15H,1H3,(H,19,20). The van der Waals surface area contributed by atoms with Gasteiger partial charge in [-0.15, -0.1) is 0 Å². The summed E-state index contributed by atoms with van der Waals surface area (Å²) in [4.78, 5) is 4.14. The van der Waals surface area contributed by atoms with Gasteiger partial charge in [0.1, 0.15) is 5.69 Å². The summed E-state index contributed by atoms with van der Waals surface area (Å²) >= 11 is 3.53. The Balaban J connectivity index is 2.51. The molecule has 1 aromatic heterocycles. The van der Waals surface area contributed by atoms with E-state index in [0.29, 0.717) is 11.2 Å². The second kappa shape index (κ2) is 4.98. The van der Waals surface area contributed by atoms with E-state index in [1.807, 2.05) is 30.3 Å². The zero-order chi connectivity index (χ0) is 14.3. The van der Waals surface area contributed by atoms with Gasteiger partial charge in [0.05, 0.1) is 5.52 Å². The van der Waals surface area contributed by atoms with Crippen molar-refractivity contribution in [2.45, 2.75) is 6.43 Å². The van der Waals surface area contributed by atoms with E-state index in [9.17, 15) is 8.78 Å². The molecule has 0 spiro atoms. The maximum atomic E-state index is 13.0. The molecular formula is C15H11BrF2N2. The summed E-state index contributed by atoms with van der Waals surface area (Å²) in [5, 5.41) is 5.60. The molecule has 0 atom stereocenters. The zero-order valence-corrected chi connectivity index (χ0v) is 12.2. The van der Waals surface area contributed by atoms with E-state index < -0.39 is 6.43 Å². The van der Waals surface area contributed by atoms with Crippen LogP contribution in [0.5, 0.6) is 0 Å². The van der Waals surface area contributed by atoms with Crippen molar-refractivity contribution in [2.24, 2.45) is 0 Å². The Bertz CT molecular complexity index is 803. The van der Waals surface area contributed by atoms with E-state index in [-0.39, 0.29) is 5.69 Å². The van der Waals surface area contributed by atoms with Crippen LogP contribution in [0.15, 0.2) is 40.9 Å². The molecule has 0 bridgehead atoms. The van der Waals surface area contributed by atoms with E-state index in [4.69, 9.17) is 0 Å². The van der Waals surface area contributed by atoms with Gasteiger partial charge in [0.15, 0.2) is 0 Å². The van der Waals surface area contributed by atoms with Crippen LogP contribution in [0, 0.1) is 0 Å². The van der Waals surface area contributed by atoms with Crippen molar-refractivity contribution in [2.75, 3.05) is 12.4 Å². The van der Waals surface area contributed by atoms with Crippen LogP contribution in [0.4, 0.5) is 14.5 Å². The lowest BCUT2D eigenvalue weighted by Gasteiger charge is -2.12. The minimum atomic E-state index is -2.59. The number of hydrogen-bond donors (Lipinski definition) is 1. The lowest BCUT2D eigenvalue weighted by Crippen LogP contribution is -1.98. The molecule has 2 nitrogen and oxygen atoms in total. The number of alkyl halides is 2. The number of aromatic nitrogens is 1. The van der Waals surface area contributed by atoms with Crippen molar-refractivity contribution in [3.05, 3.63) is 46.6 Å². The molecule has 0 aliphatic rings. The molecule has 0 saturated heterocycles. The van der Waals surface area contributed by atoms with Gasteiger partial charge in [-0.05, 0) is 17.5 Å². The molecule has 1 heterocycles. The molecule has 0 saturated carbocycles. The molecule has 0 radical (unpaired) electrons. The molecule has 102 valence electrons. The Morgan fingerprint density at radius 2 is 1.80 bits per heavy atom. The molecule has 3 rings (SSSR count). The Morgan fingerprint density at radius 1 is 1.10 bits per heavy atom. The number of pyridine rings is 1. The van der Waals surface area contributed by atoms with Crippen LogP contribution in [0.1, 0.15) is 12.1 Å². The number of fused-ring (bicyclic) bond motifs is 3. The van der Waals surface area contributed by atoms with Gasteiger partial charge in [0.2, 0.25) is 0 Å². The van der Waals surface area contributed by atoms with Gasteiger partial charge in [-0.3, -0.25) is 0 Å². The van der Waals surface area contributed by atoms with Crippen LogP contribution in [0.2, 0.25) is 0 Å². The Labute approximate surface area is 122 Å². The molecule has 2 aromatic carbocycles. The van der Waals surface area contributed by atoms with Gasteiger partial charge in [0, 0.05) is 28.0 Å². The number of rotatable bonds is 2. The summed E-state index contributed by atoms with van der Waals surface area (Å²) in [6, 6.07) is 10.9. The number of halogens is 3. The van der Waals surface area contributed by atoms with Gasteiger partial charge in [-0.2, -0.15) is 0 Å². The van der Waals surface area contributed by atoms with Crippen molar-refractivity contribution in [1.29, 1.82) is 0 Å². The third-order valence-corrected chi connectivity index (χ3v) is 3.94. The SMILES string of the molecule is CNc1cc(C(F)F)nc2c1cc(Br)c1ccccc12. The number of anilines is 1. The molecule has 0 amide bonds. The molecule has 0 aliphatic heterocycles. The Kier molecular flexibility index (Phi) is 3.30. The van der Waals surface area contributed by atoms with E-state index in [1.165, 1.54) is 6.07 Å². The summed E-state index contributed by atoms with van der Waals surface area (Å²) in [6.07, 6.45) is -2.59. The largest absolute Gasteiger partial charge is 0.388 e. The first-order valence-electron chi connectivity index (χ1n) is 6.09. The topological polar surface area (TPSA) is 24.9 Å². The van der Waals surface area contributed by atoms with E-state index in [1.54, 1.807) is 7.05 Å². The highest BCUT2D eigenvalue weighted by Gasteiger charge is 2.15. The molecule has 1 N–H and O–H groups in total. The van der Waals surface area contributed by atoms with Gasteiger partial charge in [-0.1, -0.05) is 40.2 Å². The highest BCUT2D eigenvalue weighted by atomic mass is 79.9. The van der Waals surface area contributed by atoms with Gasteiger partial charge < -0.3 is 5.32 Å². The molecule has 0 fully saturated rings. The van der Waals surface area contributed by atoms with Gasteiger partial charge >= 0.3 is 0 Å². The molecular weight excluding hydrogens is 326 g/mol.